The van der Waals surface area contributed by atoms with Crippen LogP contribution in [0.5, 0.6) is 0 Å². The molecular formula is C16H12N2OS. The van der Waals surface area contributed by atoms with Crippen molar-refractivity contribution in [3.63, 3.8) is 0 Å². The number of para-hydroxylation sites is 1. The summed E-state index contributed by atoms with van der Waals surface area (Å²) in [6, 6.07) is 17.8. The first kappa shape index (κ1) is 11.7. The summed E-state index contributed by atoms with van der Waals surface area (Å²) in [5.41, 5.74) is 2.84. The summed E-state index contributed by atoms with van der Waals surface area (Å²) in [5, 5.41) is 6.13. The summed E-state index contributed by atoms with van der Waals surface area (Å²) in [7, 11) is 0. The van der Waals surface area contributed by atoms with Gasteiger partial charge in [0.15, 0.2) is 0 Å². The molecule has 2 heterocycles. The normalized spacial score (nSPS) is 20.4. The zero-order valence-corrected chi connectivity index (χ0v) is 11.5. The molecule has 0 fully saturated rings. The van der Waals surface area contributed by atoms with Crippen LogP contribution in [0.4, 0.5) is 5.69 Å². The largest absolute Gasteiger partial charge is 0.272 e. The lowest BCUT2D eigenvalue weighted by molar-refractivity contribution is -0.119. The lowest BCUT2D eigenvalue weighted by Crippen LogP contribution is -2.30. The zero-order valence-electron chi connectivity index (χ0n) is 10.7. The van der Waals surface area contributed by atoms with Gasteiger partial charge in [-0.2, -0.15) is 10.1 Å². The number of hydrogen-bond donors (Lipinski definition) is 0. The van der Waals surface area contributed by atoms with E-state index in [1.54, 1.807) is 16.8 Å². The highest BCUT2D eigenvalue weighted by atomic mass is 32.2. The van der Waals surface area contributed by atoms with E-state index in [0.29, 0.717) is 0 Å². The van der Waals surface area contributed by atoms with Gasteiger partial charge in [0, 0.05) is 16.2 Å². The van der Waals surface area contributed by atoms with E-state index in [2.05, 4.69) is 17.2 Å². The number of carbonyl (C=O) groups is 1. The summed E-state index contributed by atoms with van der Waals surface area (Å²) in [6.07, 6.45) is 0. The average molecular weight is 280 g/mol. The molecule has 2 aliphatic rings. The van der Waals surface area contributed by atoms with Crippen LogP contribution in [0.15, 0.2) is 64.6 Å². The highest BCUT2D eigenvalue weighted by Gasteiger charge is 2.40. The SMILES string of the molecule is O=C1C2CSc3ccccc3C2=NN1c1ccccc1. The Kier molecular flexibility index (Phi) is 2.63. The lowest BCUT2D eigenvalue weighted by Gasteiger charge is -2.19. The first-order chi connectivity index (χ1) is 9.84. The number of benzene rings is 2. The van der Waals surface area contributed by atoms with Crippen LogP contribution >= 0.6 is 11.8 Å². The first-order valence-electron chi connectivity index (χ1n) is 6.54. The molecule has 98 valence electrons. The van der Waals surface area contributed by atoms with E-state index in [-0.39, 0.29) is 11.8 Å². The molecule has 1 unspecified atom stereocenters. The fraction of sp³-hybridized carbons (Fsp3) is 0.125. The Morgan fingerprint density at radius 2 is 1.80 bits per heavy atom. The van der Waals surface area contributed by atoms with Gasteiger partial charge in [-0.1, -0.05) is 36.4 Å². The number of anilines is 1. The van der Waals surface area contributed by atoms with Gasteiger partial charge in [-0.3, -0.25) is 4.79 Å². The Morgan fingerprint density at radius 1 is 1.05 bits per heavy atom. The van der Waals surface area contributed by atoms with E-state index in [4.69, 9.17) is 0 Å². The second kappa shape index (κ2) is 4.49. The minimum absolute atomic E-state index is 0.0770. The fourth-order valence-corrected chi connectivity index (χ4v) is 3.76. The molecular weight excluding hydrogens is 268 g/mol. The van der Waals surface area contributed by atoms with Gasteiger partial charge in [0.05, 0.1) is 17.3 Å². The molecule has 0 N–H and O–H groups in total. The molecule has 2 aliphatic heterocycles. The summed E-state index contributed by atoms with van der Waals surface area (Å²) >= 11 is 1.74. The van der Waals surface area contributed by atoms with Crippen molar-refractivity contribution in [1.29, 1.82) is 0 Å². The third kappa shape index (κ3) is 1.68. The molecule has 0 radical (unpaired) electrons. The summed E-state index contributed by atoms with van der Waals surface area (Å²) in [5.74, 6) is 0.737. The predicted octanol–water partition coefficient (Wildman–Crippen LogP) is 3.16. The maximum Gasteiger partial charge on any atom is 0.257 e. The third-order valence-electron chi connectivity index (χ3n) is 3.61. The maximum atomic E-state index is 12.5. The maximum absolute atomic E-state index is 12.5. The number of hydrogen-bond acceptors (Lipinski definition) is 3. The Balaban J connectivity index is 1.81. The Morgan fingerprint density at radius 3 is 2.65 bits per heavy atom. The smallest absolute Gasteiger partial charge is 0.257 e. The molecule has 4 heteroatoms. The topological polar surface area (TPSA) is 32.7 Å². The molecule has 1 amide bonds. The molecule has 4 rings (SSSR count). The van der Waals surface area contributed by atoms with Gasteiger partial charge in [0.25, 0.3) is 5.91 Å². The number of thioether (sulfide) groups is 1. The van der Waals surface area contributed by atoms with E-state index in [0.717, 1.165) is 22.7 Å². The number of fused-ring (bicyclic) bond motifs is 3. The molecule has 3 nitrogen and oxygen atoms in total. The van der Waals surface area contributed by atoms with Crippen molar-refractivity contribution < 1.29 is 4.79 Å². The van der Waals surface area contributed by atoms with Crippen LogP contribution in [0.3, 0.4) is 0 Å². The summed E-state index contributed by atoms with van der Waals surface area (Å²) in [6.45, 7) is 0. The fourth-order valence-electron chi connectivity index (χ4n) is 2.61. The van der Waals surface area contributed by atoms with E-state index >= 15 is 0 Å². The van der Waals surface area contributed by atoms with Crippen molar-refractivity contribution in [1.82, 2.24) is 0 Å². The molecule has 20 heavy (non-hydrogen) atoms. The minimum Gasteiger partial charge on any atom is -0.272 e. The number of amides is 1. The second-order valence-electron chi connectivity index (χ2n) is 4.83. The second-order valence-corrected chi connectivity index (χ2v) is 5.89. The van der Waals surface area contributed by atoms with Crippen molar-refractivity contribution in [2.45, 2.75) is 4.90 Å². The van der Waals surface area contributed by atoms with Crippen molar-refractivity contribution >= 4 is 29.1 Å². The number of nitrogens with zero attached hydrogens (tertiary/aromatic N) is 2. The summed E-state index contributed by atoms with van der Waals surface area (Å²) < 4.78 is 0. The van der Waals surface area contributed by atoms with Crippen LogP contribution in [0, 0.1) is 5.92 Å². The average Bonchev–Trinajstić information content (AvgIpc) is 2.86. The molecule has 1 atom stereocenters. The van der Waals surface area contributed by atoms with Crippen molar-refractivity contribution in [2.75, 3.05) is 10.8 Å². The summed E-state index contributed by atoms with van der Waals surface area (Å²) in [4.78, 5) is 13.8. The minimum atomic E-state index is -0.116. The quantitative estimate of drug-likeness (QED) is 0.804. The monoisotopic (exact) mass is 280 g/mol. The van der Waals surface area contributed by atoms with Gasteiger partial charge in [0.2, 0.25) is 0 Å². The molecule has 0 bridgehead atoms. The van der Waals surface area contributed by atoms with Gasteiger partial charge in [-0.05, 0) is 18.2 Å². The van der Waals surface area contributed by atoms with Crippen LogP contribution < -0.4 is 5.01 Å². The van der Waals surface area contributed by atoms with Crippen LogP contribution in [0.25, 0.3) is 0 Å². The lowest BCUT2D eigenvalue weighted by atomic mass is 9.98. The van der Waals surface area contributed by atoms with Crippen LogP contribution in [-0.4, -0.2) is 17.4 Å². The Labute approximate surface area is 121 Å². The Hall–Kier alpha value is -2.07. The standard InChI is InChI=1S/C16H12N2OS/c19-16-13-10-20-14-9-5-4-8-12(14)15(13)17-18(16)11-6-2-1-3-7-11/h1-9,13H,10H2. The third-order valence-corrected chi connectivity index (χ3v) is 4.78. The van der Waals surface area contributed by atoms with Gasteiger partial charge in [-0.25, -0.2) is 0 Å². The van der Waals surface area contributed by atoms with Gasteiger partial charge in [-0.15, -0.1) is 11.8 Å². The van der Waals surface area contributed by atoms with E-state index in [1.807, 2.05) is 42.5 Å². The van der Waals surface area contributed by atoms with E-state index < -0.39 is 0 Å². The highest BCUT2D eigenvalue weighted by Crippen LogP contribution is 2.38. The number of hydrazone groups is 1. The molecule has 2 aromatic carbocycles. The predicted molar refractivity (Wildman–Crippen MR) is 81.1 cm³/mol. The van der Waals surface area contributed by atoms with Crippen LogP contribution in [0.2, 0.25) is 0 Å². The first-order valence-corrected chi connectivity index (χ1v) is 7.53. The molecule has 0 aromatic heterocycles. The highest BCUT2D eigenvalue weighted by molar-refractivity contribution is 7.99. The van der Waals surface area contributed by atoms with Crippen LogP contribution in [0.1, 0.15) is 5.56 Å². The molecule has 0 saturated heterocycles. The molecule has 0 saturated carbocycles. The van der Waals surface area contributed by atoms with Crippen molar-refractivity contribution in [3.05, 3.63) is 60.2 Å². The Bertz CT molecular complexity index is 711. The van der Waals surface area contributed by atoms with Crippen LogP contribution in [-0.2, 0) is 4.79 Å². The van der Waals surface area contributed by atoms with Crippen molar-refractivity contribution in [2.24, 2.45) is 11.0 Å². The molecule has 0 aliphatic carbocycles. The van der Waals surface area contributed by atoms with E-state index in [9.17, 15) is 4.79 Å². The van der Waals surface area contributed by atoms with E-state index in [1.165, 1.54) is 4.90 Å². The zero-order chi connectivity index (χ0) is 13.5. The number of carbonyl (C=O) groups excluding carboxylic acids is 1. The molecule has 0 spiro atoms. The number of rotatable bonds is 1. The van der Waals surface area contributed by atoms with Gasteiger partial charge < -0.3 is 0 Å². The van der Waals surface area contributed by atoms with Gasteiger partial charge >= 0.3 is 0 Å². The molecule has 2 aromatic rings. The van der Waals surface area contributed by atoms with Crippen molar-refractivity contribution in [3.8, 4) is 0 Å². The van der Waals surface area contributed by atoms with Gasteiger partial charge in [0.1, 0.15) is 0 Å².